The van der Waals surface area contributed by atoms with Crippen molar-refractivity contribution in [1.29, 1.82) is 0 Å². The maximum atomic E-state index is 12.0. The van der Waals surface area contributed by atoms with E-state index in [1.54, 1.807) is 55.6 Å². The number of para-hydroxylation sites is 1. The van der Waals surface area contributed by atoms with Gasteiger partial charge in [0.2, 0.25) is 0 Å². The molecule has 0 saturated heterocycles. The number of carbonyl (C=O) groups is 2. The van der Waals surface area contributed by atoms with Crippen LogP contribution < -0.4 is 20.3 Å². The van der Waals surface area contributed by atoms with E-state index in [0.717, 1.165) is 5.69 Å². The zero-order chi connectivity index (χ0) is 19.1. The monoisotopic (exact) mass is 375 g/mol. The number of anilines is 2. The maximum absolute atomic E-state index is 12.0. The van der Waals surface area contributed by atoms with Gasteiger partial charge in [0.05, 0.1) is 10.7 Å². The number of rotatable bonds is 6. The number of nitrogens with one attached hydrogen (secondary N) is 2. The van der Waals surface area contributed by atoms with Gasteiger partial charge in [0.1, 0.15) is 5.75 Å². The molecule has 6 nitrogen and oxygen atoms in total. The van der Waals surface area contributed by atoms with Crippen molar-refractivity contribution in [2.45, 2.75) is 19.9 Å². The van der Waals surface area contributed by atoms with Crippen LogP contribution in [-0.2, 0) is 4.79 Å². The maximum Gasteiger partial charge on any atom is 0.321 e. The summed E-state index contributed by atoms with van der Waals surface area (Å²) in [6.45, 7) is 3.65. The van der Waals surface area contributed by atoms with Crippen LogP contribution in [0.4, 0.5) is 16.2 Å². The zero-order valence-corrected chi connectivity index (χ0v) is 15.7. The van der Waals surface area contributed by atoms with E-state index in [0.29, 0.717) is 16.5 Å². The molecule has 0 aromatic heterocycles. The molecule has 2 N–H and O–H groups in total. The number of amides is 3. The van der Waals surface area contributed by atoms with Gasteiger partial charge in [-0.3, -0.25) is 9.69 Å². The molecule has 26 heavy (non-hydrogen) atoms. The van der Waals surface area contributed by atoms with Gasteiger partial charge < -0.3 is 15.4 Å². The molecule has 3 amide bonds. The predicted molar refractivity (Wildman–Crippen MR) is 104 cm³/mol. The minimum atomic E-state index is -0.310. The second-order valence-electron chi connectivity index (χ2n) is 5.97. The first kappa shape index (κ1) is 19.6. The molecule has 7 heteroatoms. The van der Waals surface area contributed by atoms with E-state index < -0.39 is 0 Å². The molecule has 0 fully saturated rings. The average Bonchev–Trinajstić information content (AvgIpc) is 2.61. The minimum absolute atomic E-state index is 0.0594. The molecule has 0 atom stereocenters. The van der Waals surface area contributed by atoms with E-state index in [4.69, 9.17) is 16.3 Å². The summed E-state index contributed by atoms with van der Waals surface area (Å²) in [5, 5.41) is 5.97. The van der Waals surface area contributed by atoms with Gasteiger partial charge in [0.25, 0.3) is 5.91 Å². The van der Waals surface area contributed by atoms with E-state index in [1.807, 2.05) is 13.8 Å². The van der Waals surface area contributed by atoms with Crippen LogP contribution in [0, 0.1) is 0 Å². The van der Waals surface area contributed by atoms with Crippen LogP contribution in [0.15, 0.2) is 48.5 Å². The Bertz CT molecular complexity index is 763. The second kappa shape index (κ2) is 9.10. The lowest BCUT2D eigenvalue weighted by molar-refractivity contribution is -0.118. The van der Waals surface area contributed by atoms with Gasteiger partial charge in [-0.05, 0) is 50.2 Å². The highest BCUT2D eigenvalue weighted by atomic mass is 35.5. The Balaban J connectivity index is 1.88. The quantitative estimate of drug-likeness (QED) is 0.804. The van der Waals surface area contributed by atoms with Crippen LogP contribution in [0.5, 0.6) is 5.75 Å². The smallest absolute Gasteiger partial charge is 0.321 e. The van der Waals surface area contributed by atoms with Crippen molar-refractivity contribution < 1.29 is 14.3 Å². The Kier molecular flexibility index (Phi) is 6.86. The van der Waals surface area contributed by atoms with Crippen molar-refractivity contribution in [2.75, 3.05) is 23.9 Å². The second-order valence-corrected chi connectivity index (χ2v) is 6.38. The molecule has 2 aromatic carbocycles. The third kappa shape index (κ3) is 5.67. The van der Waals surface area contributed by atoms with Crippen molar-refractivity contribution in [2.24, 2.45) is 0 Å². The van der Waals surface area contributed by atoms with Crippen molar-refractivity contribution in [3.63, 3.8) is 0 Å². The Morgan fingerprint density at radius 1 is 1.12 bits per heavy atom. The number of halogens is 1. The lowest BCUT2D eigenvalue weighted by Gasteiger charge is -2.20. The van der Waals surface area contributed by atoms with Gasteiger partial charge in [-0.1, -0.05) is 23.7 Å². The highest BCUT2D eigenvalue weighted by molar-refractivity contribution is 6.33. The van der Waals surface area contributed by atoms with Crippen LogP contribution in [0.2, 0.25) is 5.02 Å². The number of benzene rings is 2. The molecule has 0 aliphatic carbocycles. The lowest BCUT2D eigenvalue weighted by Crippen LogP contribution is -2.40. The predicted octanol–water partition coefficient (Wildman–Crippen LogP) is 3.91. The third-order valence-electron chi connectivity index (χ3n) is 3.46. The van der Waals surface area contributed by atoms with Crippen molar-refractivity contribution in [3.8, 4) is 5.75 Å². The van der Waals surface area contributed by atoms with E-state index in [-0.39, 0.29) is 24.6 Å². The molecule has 0 radical (unpaired) electrons. The SMILES string of the molecule is CC(C)NC(=O)N(C)c1ccc(OCC(=O)Nc2ccccc2Cl)cc1. The number of hydrogen-bond donors (Lipinski definition) is 2. The number of hydrogen-bond acceptors (Lipinski definition) is 3. The van der Waals surface area contributed by atoms with Gasteiger partial charge in [-0.2, -0.15) is 0 Å². The van der Waals surface area contributed by atoms with Crippen LogP contribution in [-0.4, -0.2) is 31.6 Å². The molecule has 0 aliphatic heterocycles. The molecular weight excluding hydrogens is 354 g/mol. The summed E-state index contributed by atoms with van der Waals surface area (Å²) >= 11 is 6.00. The molecule has 138 valence electrons. The molecular formula is C19H22ClN3O3. The van der Waals surface area contributed by atoms with Gasteiger partial charge in [-0.25, -0.2) is 4.79 Å². The number of urea groups is 1. The molecule has 0 unspecified atom stereocenters. The summed E-state index contributed by atoms with van der Waals surface area (Å²) in [7, 11) is 1.69. The van der Waals surface area contributed by atoms with Gasteiger partial charge in [-0.15, -0.1) is 0 Å². The molecule has 0 heterocycles. The standard InChI is InChI=1S/C19H22ClN3O3/c1-13(2)21-19(25)23(3)14-8-10-15(11-9-14)26-12-18(24)22-17-7-5-4-6-16(17)20/h4-11,13H,12H2,1-3H3,(H,21,25)(H,22,24). The van der Waals surface area contributed by atoms with Crippen molar-refractivity contribution >= 4 is 34.9 Å². The van der Waals surface area contributed by atoms with Gasteiger partial charge >= 0.3 is 6.03 Å². The summed E-state index contributed by atoms with van der Waals surface area (Å²) in [6.07, 6.45) is 0. The summed E-state index contributed by atoms with van der Waals surface area (Å²) in [5.41, 5.74) is 1.26. The lowest BCUT2D eigenvalue weighted by atomic mass is 10.3. The van der Waals surface area contributed by atoms with Gasteiger partial charge in [0.15, 0.2) is 6.61 Å². The normalized spacial score (nSPS) is 10.3. The minimum Gasteiger partial charge on any atom is -0.484 e. The molecule has 2 aromatic rings. The number of carbonyl (C=O) groups excluding carboxylic acids is 2. The fourth-order valence-electron chi connectivity index (χ4n) is 2.12. The highest BCUT2D eigenvalue weighted by Gasteiger charge is 2.12. The number of nitrogens with zero attached hydrogens (tertiary/aromatic N) is 1. The summed E-state index contributed by atoms with van der Waals surface area (Å²) in [5.74, 6) is 0.219. The topological polar surface area (TPSA) is 70.7 Å². The Morgan fingerprint density at radius 3 is 2.38 bits per heavy atom. The molecule has 0 spiro atoms. The summed E-state index contributed by atoms with van der Waals surface area (Å²) in [6, 6.07) is 13.8. The first-order chi connectivity index (χ1) is 12.4. The Hall–Kier alpha value is -2.73. The van der Waals surface area contributed by atoms with E-state index in [2.05, 4.69) is 10.6 Å². The van der Waals surface area contributed by atoms with Crippen LogP contribution >= 0.6 is 11.6 Å². The summed E-state index contributed by atoms with van der Waals surface area (Å²) in [4.78, 5) is 25.4. The summed E-state index contributed by atoms with van der Waals surface area (Å²) < 4.78 is 5.47. The molecule has 2 rings (SSSR count). The number of ether oxygens (including phenoxy) is 1. The first-order valence-electron chi connectivity index (χ1n) is 8.18. The van der Waals surface area contributed by atoms with E-state index >= 15 is 0 Å². The van der Waals surface area contributed by atoms with Crippen molar-refractivity contribution in [3.05, 3.63) is 53.6 Å². The van der Waals surface area contributed by atoms with Crippen LogP contribution in [0.25, 0.3) is 0 Å². The molecule has 0 saturated carbocycles. The molecule has 0 aliphatic rings. The third-order valence-corrected chi connectivity index (χ3v) is 3.79. The van der Waals surface area contributed by atoms with Crippen LogP contribution in [0.3, 0.4) is 0 Å². The fraction of sp³-hybridized carbons (Fsp3) is 0.263. The van der Waals surface area contributed by atoms with E-state index in [9.17, 15) is 9.59 Å². The fourth-order valence-corrected chi connectivity index (χ4v) is 2.31. The van der Waals surface area contributed by atoms with Crippen LogP contribution in [0.1, 0.15) is 13.8 Å². The Morgan fingerprint density at radius 2 is 1.77 bits per heavy atom. The largest absolute Gasteiger partial charge is 0.484 e. The van der Waals surface area contributed by atoms with E-state index in [1.165, 1.54) is 4.90 Å². The molecule has 0 bridgehead atoms. The average molecular weight is 376 g/mol. The Labute approximate surface area is 158 Å². The first-order valence-corrected chi connectivity index (χ1v) is 8.56. The zero-order valence-electron chi connectivity index (χ0n) is 15.0. The van der Waals surface area contributed by atoms with Gasteiger partial charge in [0, 0.05) is 18.8 Å². The highest BCUT2D eigenvalue weighted by Crippen LogP contribution is 2.21. The van der Waals surface area contributed by atoms with Crippen molar-refractivity contribution in [1.82, 2.24) is 5.32 Å².